The number of carboxylic acid groups (broad SMARTS) is 1. The second-order valence-corrected chi connectivity index (χ2v) is 8.32. The van der Waals surface area contributed by atoms with Crippen LogP contribution in [-0.2, 0) is 16.4 Å². The van der Waals surface area contributed by atoms with E-state index < -0.39 is 21.1 Å². The van der Waals surface area contributed by atoms with E-state index in [9.17, 15) is 18.3 Å². The predicted molar refractivity (Wildman–Crippen MR) is 99.6 cm³/mol. The Morgan fingerprint density at radius 1 is 0.926 bits per heavy atom. The predicted octanol–water partition coefficient (Wildman–Crippen LogP) is 3.84. The van der Waals surface area contributed by atoms with Gasteiger partial charge in [0.25, 0.3) is 0 Å². The topological polar surface area (TPSA) is 80.7 Å². The number of carboxylic acids is 1. The molecule has 1 heterocycles. The fourth-order valence-corrected chi connectivity index (χ4v) is 5.23. The second-order valence-electron chi connectivity index (χ2n) is 6.28. The first-order valence-electron chi connectivity index (χ1n) is 8.35. The van der Waals surface area contributed by atoms with Crippen LogP contribution in [0.15, 0.2) is 77.7 Å². The van der Waals surface area contributed by atoms with Crippen molar-refractivity contribution in [2.24, 2.45) is 0 Å². The van der Waals surface area contributed by atoms with Gasteiger partial charge < -0.3 is 9.84 Å². The molecule has 1 aliphatic heterocycles. The van der Waals surface area contributed by atoms with Crippen molar-refractivity contribution in [2.75, 3.05) is 0 Å². The maximum absolute atomic E-state index is 13.5. The third-order valence-corrected chi connectivity index (χ3v) is 6.70. The molecule has 3 aromatic rings. The lowest BCUT2D eigenvalue weighted by Crippen LogP contribution is -2.16. The third kappa shape index (κ3) is 2.98. The van der Waals surface area contributed by atoms with Gasteiger partial charge in [-0.15, -0.1) is 0 Å². The largest absolute Gasteiger partial charge is 0.489 e. The van der Waals surface area contributed by atoms with Crippen molar-refractivity contribution in [1.29, 1.82) is 0 Å². The van der Waals surface area contributed by atoms with Gasteiger partial charge in [-0.05, 0) is 41.5 Å². The fourth-order valence-electron chi connectivity index (χ4n) is 3.34. The summed E-state index contributed by atoms with van der Waals surface area (Å²) in [5.41, 5.74) is 1.71. The van der Waals surface area contributed by atoms with Crippen molar-refractivity contribution in [2.45, 2.75) is 16.8 Å². The molecule has 1 unspecified atom stereocenters. The van der Waals surface area contributed by atoms with Crippen molar-refractivity contribution in [3.8, 4) is 5.75 Å². The van der Waals surface area contributed by atoms with E-state index in [0.29, 0.717) is 16.9 Å². The lowest BCUT2D eigenvalue weighted by Gasteiger charge is -2.20. The number of carbonyl (C=O) groups is 1. The molecule has 1 atom stereocenters. The molecule has 1 N–H and O–H groups in total. The Hall–Kier alpha value is -3.12. The van der Waals surface area contributed by atoms with Crippen LogP contribution < -0.4 is 4.74 Å². The van der Waals surface area contributed by atoms with Crippen LogP contribution >= 0.6 is 0 Å². The van der Waals surface area contributed by atoms with Gasteiger partial charge in [0.1, 0.15) is 17.6 Å². The van der Waals surface area contributed by atoms with E-state index in [-0.39, 0.29) is 17.1 Å². The number of ether oxygens (including phenoxy) is 1. The first-order chi connectivity index (χ1) is 13.0. The molecule has 0 aromatic heterocycles. The van der Waals surface area contributed by atoms with Gasteiger partial charge in [0.2, 0.25) is 0 Å². The Balaban J connectivity index is 2.02. The van der Waals surface area contributed by atoms with Gasteiger partial charge in [-0.1, -0.05) is 42.5 Å². The number of hydrogen-bond donors (Lipinski definition) is 1. The van der Waals surface area contributed by atoms with Gasteiger partial charge in [-0.2, -0.15) is 0 Å². The number of hydrogen-bond acceptors (Lipinski definition) is 4. The van der Waals surface area contributed by atoms with Gasteiger partial charge in [-0.25, -0.2) is 13.2 Å². The number of fused-ring (bicyclic) bond motifs is 2. The van der Waals surface area contributed by atoms with E-state index in [0.717, 1.165) is 5.56 Å². The van der Waals surface area contributed by atoms with Crippen molar-refractivity contribution in [3.05, 3.63) is 95.1 Å². The molecule has 1 aliphatic rings. The SMILES string of the molecule is O=C(O)c1ccc2c(c1)C(S(=O)(=O)c1ccccc1)c1ccccc1CO2. The molecule has 5 nitrogen and oxygen atoms in total. The minimum absolute atomic E-state index is 0.0185. The summed E-state index contributed by atoms with van der Waals surface area (Å²) in [7, 11) is -3.83. The van der Waals surface area contributed by atoms with Crippen molar-refractivity contribution in [1.82, 2.24) is 0 Å². The van der Waals surface area contributed by atoms with Gasteiger partial charge in [0, 0.05) is 5.56 Å². The highest BCUT2D eigenvalue weighted by Gasteiger charge is 2.36. The molecule has 0 bridgehead atoms. The Morgan fingerprint density at radius 2 is 1.63 bits per heavy atom. The van der Waals surface area contributed by atoms with Crippen molar-refractivity contribution >= 4 is 15.8 Å². The number of sulfone groups is 1. The molecule has 4 rings (SSSR count). The van der Waals surface area contributed by atoms with Gasteiger partial charge >= 0.3 is 5.97 Å². The van der Waals surface area contributed by atoms with Gasteiger partial charge in [0.15, 0.2) is 9.84 Å². The summed E-state index contributed by atoms with van der Waals surface area (Å²) in [6.07, 6.45) is 0. The molecular formula is C21H16O5S. The van der Waals surface area contributed by atoms with E-state index in [1.54, 1.807) is 42.5 Å². The van der Waals surface area contributed by atoms with Crippen molar-refractivity contribution < 1.29 is 23.1 Å². The molecule has 0 amide bonds. The average molecular weight is 380 g/mol. The normalized spacial score (nSPS) is 15.8. The molecule has 3 aromatic carbocycles. The van der Waals surface area contributed by atoms with Crippen LogP contribution in [0.4, 0.5) is 0 Å². The Morgan fingerprint density at radius 3 is 2.37 bits per heavy atom. The zero-order chi connectivity index (χ0) is 19.0. The second kappa shape index (κ2) is 6.55. The summed E-state index contributed by atoms with van der Waals surface area (Å²) in [5, 5.41) is 8.32. The zero-order valence-corrected chi connectivity index (χ0v) is 15.0. The van der Waals surface area contributed by atoms with Crippen molar-refractivity contribution in [3.63, 3.8) is 0 Å². The van der Waals surface area contributed by atoms with Crippen LogP contribution in [-0.4, -0.2) is 19.5 Å². The quantitative estimate of drug-likeness (QED) is 0.747. The monoisotopic (exact) mass is 380 g/mol. The summed E-state index contributed by atoms with van der Waals surface area (Å²) in [4.78, 5) is 11.6. The highest BCUT2D eigenvalue weighted by Crippen LogP contribution is 2.43. The Bertz CT molecular complexity index is 1120. The lowest BCUT2D eigenvalue weighted by atomic mass is 9.98. The minimum atomic E-state index is -3.83. The molecule has 0 fully saturated rings. The molecular weight excluding hydrogens is 364 g/mol. The van der Waals surface area contributed by atoms with Crippen LogP contribution in [0.1, 0.15) is 32.3 Å². The first-order valence-corrected chi connectivity index (χ1v) is 9.90. The van der Waals surface area contributed by atoms with Crippen LogP contribution in [0.2, 0.25) is 0 Å². The maximum Gasteiger partial charge on any atom is 0.335 e. The summed E-state index contributed by atoms with van der Waals surface area (Å²) in [6, 6.07) is 19.7. The average Bonchev–Trinajstić information content (AvgIpc) is 2.85. The number of rotatable bonds is 3. The minimum Gasteiger partial charge on any atom is -0.489 e. The summed E-state index contributed by atoms with van der Waals surface area (Å²) < 4.78 is 32.9. The molecule has 27 heavy (non-hydrogen) atoms. The molecule has 0 saturated heterocycles. The summed E-state index contributed by atoms with van der Waals surface area (Å²) >= 11 is 0. The first kappa shape index (κ1) is 17.3. The highest BCUT2D eigenvalue weighted by atomic mass is 32.2. The zero-order valence-electron chi connectivity index (χ0n) is 14.2. The smallest absolute Gasteiger partial charge is 0.335 e. The molecule has 0 radical (unpaired) electrons. The van der Waals surface area contributed by atoms with E-state index in [4.69, 9.17) is 4.74 Å². The van der Waals surface area contributed by atoms with Gasteiger partial charge in [-0.3, -0.25) is 0 Å². The molecule has 6 heteroatoms. The fraction of sp³-hybridized carbons (Fsp3) is 0.0952. The van der Waals surface area contributed by atoms with E-state index >= 15 is 0 Å². The van der Waals surface area contributed by atoms with Crippen LogP contribution in [0, 0.1) is 0 Å². The van der Waals surface area contributed by atoms with Gasteiger partial charge in [0.05, 0.1) is 10.5 Å². The molecule has 0 saturated carbocycles. The van der Waals surface area contributed by atoms with E-state index in [1.807, 2.05) is 12.1 Å². The Labute approximate surface area is 156 Å². The molecule has 136 valence electrons. The third-order valence-electron chi connectivity index (χ3n) is 4.64. The number of benzene rings is 3. The summed E-state index contributed by atoms with van der Waals surface area (Å²) in [5.74, 6) is -0.744. The van der Waals surface area contributed by atoms with Crippen LogP contribution in [0.3, 0.4) is 0 Å². The van der Waals surface area contributed by atoms with Crippen LogP contribution in [0.5, 0.6) is 5.75 Å². The number of aromatic carboxylic acids is 1. The van der Waals surface area contributed by atoms with Crippen LogP contribution in [0.25, 0.3) is 0 Å². The molecule has 0 aliphatic carbocycles. The standard InChI is InChI=1S/C21H16O5S/c22-21(23)14-10-11-19-18(12-14)20(17-9-5-4-6-15(17)13-26-19)27(24,25)16-7-2-1-3-8-16/h1-12,20H,13H2,(H,22,23). The molecule has 0 spiro atoms. The summed E-state index contributed by atoms with van der Waals surface area (Å²) in [6.45, 7) is 0.219. The highest BCUT2D eigenvalue weighted by molar-refractivity contribution is 7.92. The van der Waals surface area contributed by atoms with E-state index in [1.165, 1.54) is 18.2 Å². The van der Waals surface area contributed by atoms with E-state index in [2.05, 4.69) is 0 Å². The lowest BCUT2D eigenvalue weighted by molar-refractivity contribution is 0.0696. The Kier molecular flexibility index (Phi) is 4.20. The maximum atomic E-state index is 13.5.